The predicted molar refractivity (Wildman–Crippen MR) is 85.2 cm³/mol. The Morgan fingerprint density at radius 2 is 1.19 bits per heavy atom. The second-order valence-corrected chi connectivity index (χ2v) is 7.63. The second kappa shape index (κ2) is 17.0. The Balaban J connectivity index is 0. The topological polar surface area (TPSA) is 49.4 Å². The fourth-order valence-electron chi connectivity index (χ4n) is 2.24. The van der Waals surface area contributed by atoms with Crippen molar-refractivity contribution >= 4 is 7.60 Å². The minimum Gasteiger partial charge on any atom is -0.778 e. The molecule has 130 valence electrons. The van der Waals surface area contributed by atoms with Gasteiger partial charge < -0.3 is 14.0 Å². The first-order valence-corrected chi connectivity index (χ1v) is 10.3. The standard InChI is InChI=1S/C16H35O3P.Ni/c1-3-5-7-9-11-13-15-19-20(17,18)16-14-12-10-8-6-4-2;/h3-16H2,1-2H3,(H,17,18);/q;+2/p-1. The average molecular weight is 364 g/mol. The molecular formula is C16H34NiO3P+. The van der Waals surface area contributed by atoms with Crippen LogP contribution in [0.25, 0.3) is 0 Å². The molecule has 0 amide bonds. The number of hydrogen-bond donors (Lipinski definition) is 0. The van der Waals surface area contributed by atoms with Crippen LogP contribution < -0.4 is 4.89 Å². The Hall–Kier alpha value is 0.644. The van der Waals surface area contributed by atoms with Crippen molar-refractivity contribution in [3.63, 3.8) is 0 Å². The van der Waals surface area contributed by atoms with Crippen LogP contribution in [0.1, 0.15) is 90.9 Å². The molecule has 21 heavy (non-hydrogen) atoms. The SMILES string of the molecule is CCCCCCCCOP(=O)([O-])CCCCCCCC.[Ni+2]. The summed E-state index contributed by atoms with van der Waals surface area (Å²) in [6.45, 7) is 4.75. The van der Waals surface area contributed by atoms with Crippen LogP contribution in [0, 0.1) is 0 Å². The molecule has 0 aliphatic rings. The van der Waals surface area contributed by atoms with Crippen LogP contribution in [0.15, 0.2) is 0 Å². The molecule has 1 unspecified atom stereocenters. The largest absolute Gasteiger partial charge is 2.00 e. The smallest absolute Gasteiger partial charge is 0.778 e. The zero-order valence-electron chi connectivity index (χ0n) is 13.9. The van der Waals surface area contributed by atoms with E-state index in [2.05, 4.69) is 13.8 Å². The van der Waals surface area contributed by atoms with Gasteiger partial charge >= 0.3 is 16.5 Å². The summed E-state index contributed by atoms with van der Waals surface area (Å²) in [5.74, 6) is 0. The molecule has 0 aliphatic carbocycles. The van der Waals surface area contributed by atoms with Crippen LogP contribution in [0.2, 0.25) is 0 Å². The van der Waals surface area contributed by atoms with Crippen LogP contribution in [0.5, 0.6) is 0 Å². The van der Waals surface area contributed by atoms with E-state index in [1.807, 2.05) is 0 Å². The summed E-state index contributed by atoms with van der Waals surface area (Å²) < 4.78 is 16.7. The van der Waals surface area contributed by atoms with Gasteiger partial charge in [0.05, 0.1) is 6.61 Å². The van der Waals surface area contributed by atoms with Gasteiger partial charge in [0, 0.05) is 6.16 Å². The van der Waals surface area contributed by atoms with E-state index in [1.165, 1.54) is 44.9 Å². The van der Waals surface area contributed by atoms with Crippen molar-refractivity contribution in [1.29, 1.82) is 0 Å². The molecule has 0 aromatic rings. The van der Waals surface area contributed by atoms with Crippen molar-refractivity contribution in [2.75, 3.05) is 12.8 Å². The molecule has 0 rings (SSSR count). The van der Waals surface area contributed by atoms with Crippen LogP contribution in [0.4, 0.5) is 0 Å². The predicted octanol–water partition coefficient (Wildman–Crippen LogP) is 5.27. The van der Waals surface area contributed by atoms with Gasteiger partial charge in [0.15, 0.2) is 0 Å². The molecule has 0 heterocycles. The third kappa shape index (κ3) is 18.6. The van der Waals surface area contributed by atoms with Crippen molar-refractivity contribution in [3.05, 3.63) is 0 Å². The summed E-state index contributed by atoms with van der Waals surface area (Å²) >= 11 is 0. The van der Waals surface area contributed by atoms with Crippen molar-refractivity contribution in [1.82, 2.24) is 0 Å². The Kier molecular flexibility index (Phi) is 19.4. The van der Waals surface area contributed by atoms with E-state index < -0.39 is 7.60 Å². The molecule has 0 aromatic heterocycles. The molecule has 0 saturated heterocycles. The zero-order chi connectivity index (χ0) is 15.1. The summed E-state index contributed by atoms with van der Waals surface area (Å²) in [7, 11) is -3.56. The molecule has 0 fully saturated rings. The van der Waals surface area contributed by atoms with Crippen molar-refractivity contribution in [2.45, 2.75) is 90.9 Å². The van der Waals surface area contributed by atoms with E-state index >= 15 is 0 Å². The zero-order valence-corrected chi connectivity index (χ0v) is 15.8. The summed E-state index contributed by atoms with van der Waals surface area (Å²) in [5, 5.41) is 0. The summed E-state index contributed by atoms with van der Waals surface area (Å²) in [5.41, 5.74) is 0. The minimum atomic E-state index is -3.56. The maximum Gasteiger partial charge on any atom is 2.00 e. The van der Waals surface area contributed by atoms with Gasteiger partial charge in [0.2, 0.25) is 0 Å². The van der Waals surface area contributed by atoms with Gasteiger partial charge in [-0.1, -0.05) is 78.1 Å². The molecule has 0 aliphatic heterocycles. The molecule has 5 heteroatoms. The molecule has 0 saturated carbocycles. The molecular weight excluding hydrogens is 330 g/mol. The number of hydrogen-bond acceptors (Lipinski definition) is 3. The summed E-state index contributed by atoms with van der Waals surface area (Å²) in [6, 6.07) is 0. The van der Waals surface area contributed by atoms with E-state index in [4.69, 9.17) is 4.52 Å². The Morgan fingerprint density at radius 3 is 1.71 bits per heavy atom. The Bertz CT molecular complexity index is 250. The van der Waals surface area contributed by atoms with Gasteiger partial charge in [0.25, 0.3) is 0 Å². The van der Waals surface area contributed by atoms with Crippen LogP contribution in [0.3, 0.4) is 0 Å². The van der Waals surface area contributed by atoms with Gasteiger partial charge in [-0.15, -0.1) is 0 Å². The second-order valence-electron chi connectivity index (χ2n) is 5.70. The van der Waals surface area contributed by atoms with Crippen molar-refractivity contribution in [2.24, 2.45) is 0 Å². The summed E-state index contributed by atoms with van der Waals surface area (Å²) in [6.07, 6.45) is 13.7. The molecule has 0 spiro atoms. The monoisotopic (exact) mass is 363 g/mol. The number of rotatable bonds is 15. The first-order chi connectivity index (χ1) is 9.62. The van der Waals surface area contributed by atoms with Crippen molar-refractivity contribution in [3.8, 4) is 0 Å². The first-order valence-electron chi connectivity index (χ1n) is 8.57. The molecule has 0 radical (unpaired) electrons. The van der Waals surface area contributed by atoms with Gasteiger partial charge in [-0.05, 0) is 12.8 Å². The van der Waals surface area contributed by atoms with E-state index in [-0.39, 0.29) is 22.7 Å². The van der Waals surface area contributed by atoms with Crippen LogP contribution >= 0.6 is 7.60 Å². The van der Waals surface area contributed by atoms with E-state index in [0.29, 0.717) is 6.61 Å². The third-order valence-corrected chi connectivity index (χ3v) is 5.01. The van der Waals surface area contributed by atoms with Crippen LogP contribution in [-0.2, 0) is 25.6 Å². The number of unbranched alkanes of at least 4 members (excludes halogenated alkanes) is 10. The van der Waals surface area contributed by atoms with Crippen LogP contribution in [-0.4, -0.2) is 12.8 Å². The van der Waals surface area contributed by atoms with E-state index in [9.17, 15) is 9.46 Å². The van der Waals surface area contributed by atoms with E-state index in [1.54, 1.807) is 0 Å². The normalized spacial score (nSPS) is 13.7. The van der Waals surface area contributed by atoms with Gasteiger partial charge in [-0.3, -0.25) is 0 Å². The minimum absolute atomic E-state index is 0. The third-order valence-electron chi connectivity index (χ3n) is 3.57. The van der Waals surface area contributed by atoms with Gasteiger partial charge in [-0.25, -0.2) is 0 Å². The van der Waals surface area contributed by atoms with E-state index in [0.717, 1.165) is 32.1 Å². The maximum atomic E-state index is 11.7. The maximum absolute atomic E-state index is 11.7. The van der Waals surface area contributed by atoms with Gasteiger partial charge in [-0.2, -0.15) is 0 Å². The Labute approximate surface area is 142 Å². The molecule has 3 nitrogen and oxygen atoms in total. The molecule has 0 aromatic carbocycles. The average Bonchev–Trinajstić information content (AvgIpc) is 2.41. The first kappa shape index (κ1) is 23.9. The van der Waals surface area contributed by atoms with Gasteiger partial charge in [0.1, 0.15) is 7.60 Å². The quantitative estimate of drug-likeness (QED) is 0.226. The molecule has 1 atom stereocenters. The Morgan fingerprint density at radius 1 is 0.762 bits per heavy atom. The fraction of sp³-hybridized carbons (Fsp3) is 1.00. The molecule has 0 bridgehead atoms. The molecule has 0 N–H and O–H groups in total. The van der Waals surface area contributed by atoms with Crippen molar-refractivity contribution < 1.29 is 30.5 Å². The fourth-order valence-corrected chi connectivity index (χ4v) is 3.38. The summed E-state index contributed by atoms with van der Waals surface area (Å²) in [4.78, 5) is 11.7.